The van der Waals surface area contributed by atoms with Crippen molar-refractivity contribution in [2.24, 2.45) is 5.92 Å². The van der Waals surface area contributed by atoms with Gasteiger partial charge >= 0.3 is 0 Å². The van der Waals surface area contributed by atoms with Gasteiger partial charge in [0.15, 0.2) is 11.5 Å². The molecule has 0 bridgehead atoms. The van der Waals surface area contributed by atoms with Crippen LogP contribution in [0.3, 0.4) is 0 Å². The molecule has 1 saturated carbocycles. The molecule has 1 fully saturated rings. The number of hydrogen-bond donors (Lipinski definition) is 2. The highest BCUT2D eigenvalue weighted by Crippen LogP contribution is 2.28. The summed E-state index contributed by atoms with van der Waals surface area (Å²) in [5.74, 6) is 1.14. The number of nitrogens with one attached hydrogen (secondary N) is 2. The van der Waals surface area contributed by atoms with Gasteiger partial charge in [0, 0.05) is 12.3 Å². The molecule has 0 radical (unpaired) electrons. The number of amides is 2. The highest BCUT2D eigenvalue weighted by Gasteiger charge is 2.29. The van der Waals surface area contributed by atoms with Crippen molar-refractivity contribution in [3.8, 4) is 11.5 Å². The summed E-state index contributed by atoms with van der Waals surface area (Å²) >= 11 is 0. The zero-order valence-corrected chi connectivity index (χ0v) is 12.8. The predicted molar refractivity (Wildman–Crippen MR) is 81.3 cm³/mol. The van der Waals surface area contributed by atoms with Crippen molar-refractivity contribution in [2.75, 3.05) is 13.2 Å². The maximum Gasteiger partial charge on any atom is 0.241 e. The fraction of sp³-hybridized carbons (Fsp3) is 0.500. The Morgan fingerprint density at radius 1 is 1.14 bits per heavy atom. The SMILES string of the molecule is CCOc1ccccc1OCCCC(=O)NNC(=O)C1CC1. The van der Waals surface area contributed by atoms with Gasteiger partial charge in [-0.15, -0.1) is 0 Å². The molecule has 6 nitrogen and oxygen atoms in total. The van der Waals surface area contributed by atoms with Gasteiger partial charge in [-0.1, -0.05) is 12.1 Å². The van der Waals surface area contributed by atoms with Crippen molar-refractivity contribution >= 4 is 11.8 Å². The first-order chi connectivity index (χ1) is 10.7. The molecular formula is C16H22N2O4. The number of benzene rings is 1. The Balaban J connectivity index is 1.62. The van der Waals surface area contributed by atoms with E-state index in [1.807, 2.05) is 31.2 Å². The van der Waals surface area contributed by atoms with E-state index in [-0.39, 0.29) is 17.7 Å². The second-order valence-corrected chi connectivity index (χ2v) is 5.14. The van der Waals surface area contributed by atoms with Gasteiger partial charge < -0.3 is 9.47 Å². The number of rotatable bonds is 8. The van der Waals surface area contributed by atoms with Crippen LogP contribution in [-0.2, 0) is 9.59 Å². The molecule has 6 heteroatoms. The summed E-state index contributed by atoms with van der Waals surface area (Å²) in [7, 11) is 0. The molecule has 0 atom stereocenters. The topological polar surface area (TPSA) is 76.7 Å². The number of para-hydroxylation sites is 2. The van der Waals surface area contributed by atoms with Gasteiger partial charge in [0.05, 0.1) is 13.2 Å². The average molecular weight is 306 g/mol. The summed E-state index contributed by atoms with van der Waals surface area (Å²) in [4.78, 5) is 22.9. The lowest BCUT2D eigenvalue weighted by atomic mass is 10.3. The van der Waals surface area contributed by atoms with E-state index in [2.05, 4.69) is 10.9 Å². The first-order valence-electron chi connectivity index (χ1n) is 7.64. The van der Waals surface area contributed by atoms with Crippen LogP contribution in [0.15, 0.2) is 24.3 Å². The Kier molecular flexibility index (Phi) is 6.06. The van der Waals surface area contributed by atoms with Crippen molar-refractivity contribution in [3.63, 3.8) is 0 Å². The molecule has 22 heavy (non-hydrogen) atoms. The Hall–Kier alpha value is -2.24. The summed E-state index contributed by atoms with van der Waals surface area (Å²) in [5, 5.41) is 0. The third-order valence-corrected chi connectivity index (χ3v) is 3.23. The number of hydrogen-bond acceptors (Lipinski definition) is 4. The molecule has 1 aromatic carbocycles. The molecule has 1 aliphatic carbocycles. The van der Waals surface area contributed by atoms with E-state index < -0.39 is 0 Å². The lowest BCUT2D eigenvalue weighted by molar-refractivity contribution is -0.129. The molecule has 2 rings (SSSR count). The number of carbonyl (C=O) groups is 2. The molecule has 1 aliphatic rings. The quantitative estimate of drug-likeness (QED) is 0.567. The van der Waals surface area contributed by atoms with E-state index in [1.165, 1.54) is 0 Å². The zero-order valence-electron chi connectivity index (χ0n) is 12.8. The maximum atomic E-state index is 11.6. The smallest absolute Gasteiger partial charge is 0.241 e. The maximum absolute atomic E-state index is 11.6. The highest BCUT2D eigenvalue weighted by atomic mass is 16.5. The van der Waals surface area contributed by atoms with Gasteiger partial charge in [0.1, 0.15) is 0 Å². The summed E-state index contributed by atoms with van der Waals surface area (Å²) in [5.41, 5.74) is 4.84. The van der Waals surface area contributed by atoms with E-state index in [4.69, 9.17) is 9.47 Å². The van der Waals surface area contributed by atoms with Crippen LogP contribution in [0.1, 0.15) is 32.6 Å². The standard InChI is InChI=1S/C16H22N2O4/c1-2-21-13-6-3-4-7-14(13)22-11-5-8-15(19)17-18-16(20)12-9-10-12/h3-4,6-7,12H,2,5,8-11H2,1H3,(H,17,19)(H,18,20). The number of ether oxygens (including phenoxy) is 2. The van der Waals surface area contributed by atoms with Crippen LogP contribution in [0, 0.1) is 5.92 Å². The Morgan fingerprint density at radius 3 is 2.45 bits per heavy atom. The summed E-state index contributed by atoms with van der Waals surface area (Å²) in [6, 6.07) is 7.44. The number of hydrazine groups is 1. The van der Waals surface area contributed by atoms with Crippen LogP contribution >= 0.6 is 0 Å². The summed E-state index contributed by atoms with van der Waals surface area (Å²) < 4.78 is 11.1. The van der Waals surface area contributed by atoms with Crippen LogP contribution in [-0.4, -0.2) is 25.0 Å². The normalized spacial score (nSPS) is 13.3. The number of carbonyl (C=O) groups excluding carboxylic acids is 2. The van der Waals surface area contributed by atoms with Crippen molar-refractivity contribution in [3.05, 3.63) is 24.3 Å². The second-order valence-electron chi connectivity index (χ2n) is 5.14. The van der Waals surface area contributed by atoms with Gasteiger partial charge in [0.2, 0.25) is 11.8 Å². The minimum atomic E-state index is -0.212. The molecule has 0 spiro atoms. The molecule has 0 heterocycles. The van der Waals surface area contributed by atoms with Gasteiger partial charge in [-0.05, 0) is 38.3 Å². The van der Waals surface area contributed by atoms with Crippen LogP contribution in [0.4, 0.5) is 0 Å². The molecule has 1 aromatic rings. The van der Waals surface area contributed by atoms with Gasteiger partial charge in [-0.2, -0.15) is 0 Å². The molecule has 120 valence electrons. The van der Waals surface area contributed by atoms with Crippen LogP contribution < -0.4 is 20.3 Å². The third-order valence-electron chi connectivity index (χ3n) is 3.23. The summed E-state index contributed by atoms with van der Waals surface area (Å²) in [6.07, 6.45) is 2.68. The Labute approximate surface area is 130 Å². The monoisotopic (exact) mass is 306 g/mol. The first kappa shape index (κ1) is 16.1. The van der Waals surface area contributed by atoms with Crippen molar-refractivity contribution in [2.45, 2.75) is 32.6 Å². The van der Waals surface area contributed by atoms with E-state index >= 15 is 0 Å². The molecule has 2 N–H and O–H groups in total. The third kappa shape index (κ3) is 5.27. The Morgan fingerprint density at radius 2 is 1.82 bits per heavy atom. The van der Waals surface area contributed by atoms with Crippen LogP contribution in [0.25, 0.3) is 0 Å². The van der Waals surface area contributed by atoms with E-state index in [9.17, 15) is 9.59 Å². The second kappa shape index (κ2) is 8.26. The molecule has 2 amide bonds. The first-order valence-corrected chi connectivity index (χ1v) is 7.64. The predicted octanol–water partition coefficient (Wildman–Crippen LogP) is 1.80. The van der Waals surface area contributed by atoms with Crippen LogP contribution in [0.2, 0.25) is 0 Å². The van der Waals surface area contributed by atoms with Gasteiger partial charge in [-0.3, -0.25) is 20.4 Å². The highest BCUT2D eigenvalue weighted by molar-refractivity contribution is 5.84. The lowest BCUT2D eigenvalue weighted by Crippen LogP contribution is -2.42. The molecular weight excluding hydrogens is 284 g/mol. The zero-order chi connectivity index (χ0) is 15.8. The summed E-state index contributed by atoms with van der Waals surface area (Å²) in [6.45, 7) is 2.90. The molecule has 0 aliphatic heterocycles. The lowest BCUT2D eigenvalue weighted by Gasteiger charge is -2.11. The van der Waals surface area contributed by atoms with Gasteiger partial charge in [0.25, 0.3) is 0 Å². The van der Waals surface area contributed by atoms with Crippen molar-refractivity contribution < 1.29 is 19.1 Å². The van der Waals surface area contributed by atoms with E-state index in [0.717, 1.165) is 12.8 Å². The largest absolute Gasteiger partial charge is 0.490 e. The van der Waals surface area contributed by atoms with E-state index in [1.54, 1.807) is 0 Å². The fourth-order valence-electron chi connectivity index (χ4n) is 1.90. The molecule has 0 aromatic heterocycles. The molecule has 0 saturated heterocycles. The average Bonchev–Trinajstić information content (AvgIpc) is 3.36. The fourth-order valence-corrected chi connectivity index (χ4v) is 1.90. The van der Waals surface area contributed by atoms with Crippen molar-refractivity contribution in [1.29, 1.82) is 0 Å². The van der Waals surface area contributed by atoms with Crippen LogP contribution in [0.5, 0.6) is 11.5 Å². The van der Waals surface area contributed by atoms with Gasteiger partial charge in [-0.25, -0.2) is 0 Å². The minimum absolute atomic E-state index is 0.0821. The minimum Gasteiger partial charge on any atom is -0.490 e. The van der Waals surface area contributed by atoms with E-state index in [0.29, 0.717) is 37.6 Å². The Bertz CT molecular complexity index is 515. The van der Waals surface area contributed by atoms with Crippen molar-refractivity contribution in [1.82, 2.24) is 10.9 Å². The molecule has 0 unspecified atom stereocenters.